The molecule has 3 aliphatic carbocycles. The van der Waals surface area contributed by atoms with Gasteiger partial charge in [0.15, 0.2) is 0 Å². The van der Waals surface area contributed by atoms with Crippen LogP contribution in [0, 0.1) is 12.8 Å². The van der Waals surface area contributed by atoms with Gasteiger partial charge in [0.1, 0.15) is 0 Å². The summed E-state index contributed by atoms with van der Waals surface area (Å²) in [5.41, 5.74) is 20.2. The molecular formula is C64H49N. The molecule has 0 amide bonds. The van der Waals surface area contributed by atoms with Crippen molar-refractivity contribution in [2.75, 3.05) is 0 Å². The summed E-state index contributed by atoms with van der Waals surface area (Å²) in [4.78, 5) is 5.58. The van der Waals surface area contributed by atoms with E-state index in [2.05, 4.69) is 221 Å². The Bertz CT molecular complexity index is 3650. The lowest BCUT2D eigenvalue weighted by Gasteiger charge is -2.34. The second-order valence-electron chi connectivity index (χ2n) is 18.1. The van der Waals surface area contributed by atoms with Crippen molar-refractivity contribution in [2.24, 2.45) is 10.9 Å². The van der Waals surface area contributed by atoms with Crippen LogP contribution in [-0.4, -0.2) is 5.71 Å². The maximum absolute atomic E-state index is 5.58. The molecule has 0 saturated carbocycles. The molecule has 65 heavy (non-hydrogen) atoms. The molecule has 0 fully saturated rings. The lowest BCUT2D eigenvalue weighted by Crippen LogP contribution is -2.20. The average molecular weight is 832 g/mol. The molecular weight excluding hydrogens is 783 g/mol. The molecule has 0 N–H and O–H groups in total. The monoisotopic (exact) mass is 831 g/mol. The first-order chi connectivity index (χ1) is 32.0. The van der Waals surface area contributed by atoms with E-state index < -0.39 is 0 Å². The zero-order chi connectivity index (χ0) is 43.6. The first kappa shape index (κ1) is 39.0. The number of aliphatic imine (C=N–C) groups is 1. The molecule has 0 bridgehead atoms. The molecule has 0 radical (unpaired) electrons. The zero-order valence-corrected chi connectivity index (χ0v) is 37.2. The minimum atomic E-state index is 0.295. The minimum Gasteiger partial charge on any atom is -0.257 e. The lowest BCUT2D eigenvalue weighted by atomic mass is 9.72. The number of nitrogens with zero attached hydrogens (tertiary/aromatic N) is 1. The Kier molecular flexibility index (Phi) is 9.53. The highest BCUT2D eigenvalue weighted by Crippen LogP contribution is 2.48. The van der Waals surface area contributed by atoms with E-state index in [0.29, 0.717) is 5.92 Å². The van der Waals surface area contributed by atoms with Gasteiger partial charge in [-0.05, 0) is 180 Å². The highest BCUT2D eigenvalue weighted by Gasteiger charge is 2.32. The Balaban J connectivity index is 1.03. The summed E-state index contributed by atoms with van der Waals surface area (Å²) in [6.07, 6.45) is 14.8. The van der Waals surface area contributed by atoms with Crippen LogP contribution in [0.1, 0.15) is 44.2 Å². The van der Waals surface area contributed by atoms with Crippen molar-refractivity contribution in [3.05, 3.63) is 239 Å². The van der Waals surface area contributed by atoms with Gasteiger partial charge in [0.25, 0.3) is 0 Å². The van der Waals surface area contributed by atoms with Crippen molar-refractivity contribution in [1.82, 2.24) is 0 Å². The van der Waals surface area contributed by atoms with E-state index in [9.17, 15) is 0 Å². The number of fused-ring (bicyclic) bond motifs is 6. The zero-order valence-electron chi connectivity index (χ0n) is 37.2. The van der Waals surface area contributed by atoms with E-state index in [1.807, 2.05) is 0 Å². The summed E-state index contributed by atoms with van der Waals surface area (Å²) in [6, 6.07) is 63.3. The van der Waals surface area contributed by atoms with Gasteiger partial charge in [0.05, 0.1) is 5.70 Å². The molecule has 0 aromatic heterocycles. The number of rotatable bonds is 6. The predicted octanol–water partition coefficient (Wildman–Crippen LogP) is 17.5. The average Bonchev–Trinajstić information content (AvgIpc) is 3.36. The van der Waals surface area contributed by atoms with Crippen molar-refractivity contribution < 1.29 is 0 Å². The fourth-order valence-electron chi connectivity index (χ4n) is 11.1. The topological polar surface area (TPSA) is 12.4 Å². The fourth-order valence-corrected chi connectivity index (χ4v) is 11.1. The minimum absolute atomic E-state index is 0.295. The SMILES string of the molecule is CC(=NC1=C(C)C2=C(CCC=C2)C2=CC=CCC21)c1ccccc1-c1cc(-c2ccc3c(-c4ccc5ccccc5c4)c4ccccc4c(-c4ccc5ccccc5c4)c3c2)ccc1C. The second kappa shape index (κ2) is 15.9. The van der Waals surface area contributed by atoms with Crippen LogP contribution in [0.3, 0.4) is 0 Å². The third-order valence-electron chi connectivity index (χ3n) is 14.4. The molecule has 1 nitrogen and oxygen atoms in total. The number of hydrogen-bond donors (Lipinski definition) is 0. The molecule has 3 aliphatic rings. The van der Waals surface area contributed by atoms with Crippen LogP contribution in [0.2, 0.25) is 0 Å². The molecule has 0 spiro atoms. The molecule has 1 heteroatoms. The third-order valence-corrected chi connectivity index (χ3v) is 14.4. The van der Waals surface area contributed by atoms with Gasteiger partial charge in [-0.3, -0.25) is 4.99 Å². The molecule has 310 valence electrons. The van der Waals surface area contributed by atoms with E-state index in [-0.39, 0.29) is 0 Å². The molecule has 1 atom stereocenters. The van der Waals surface area contributed by atoms with Crippen LogP contribution < -0.4 is 0 Å². The van der Waals surface area contributed by atoms with Crippen LogP contribution in [0.15, 0.2) is 233 Å². The van der Waals surface area contributed by atoms with Crippen LogP contribution >= 0.6 is 0 Å². The van der Waals surface area contributed by atoms with Gasteiger partial charge in [-0.15, -0.1) is 0 Å². The lowest BCUT2D eigenvalue weighted by molar-refractivity contribution is 0.678. The van der Waals surface area contributed by atoms with Crippen molar-refractivity contribution >= 4 is 48.8 Å². The molecule has 12 rings (SSSR count). The Morgan fingerprint density at radius 2 is 1.12 bits per heavy atom. The molecule has 0 saturated heterocycles. The Morgan fingerprint density at radius 3 is 1.86 bits per heavy atom. The van der Waals surface area contributed by atoms with Gasteiger partial charge in [0, 0.05) is 17.2 Å². The fraction of sp³-hybridized carbons (Fsp3) is 0.109. The Hall–Kier alpha value is -7.61. The summed E-state index contributed by atoms with van der Waals surface area (Å²) in [6.45, 7) is 6.73. The van der Waals surface area contributed by atoms with Crippen LogP contribution in [0.25, 0.3) is 87.6 Å². The summed E-state index contributed by atoms with van der Waals surface area (Å²) < 4.78 is 0. The van der Waals surface area contributed by atoms with Gasteiger partial charge in [0.2, 0.25) is 0 Å². The first-order valence-electron chi connectivity index (χ1n) is 23.2. The summed E-state index contributed by atoms with van der Waals surface area (Å²) in [5.74, 6) is 0.295. The quantitative estimate of drug-likeness (QED) is 0.117. The van der Waals surface area contributed by atoms with E-state index >= 15 is 0 Å². The Morgan fingerprint density at radius 1 is 0.523 bits per heavy atom. The maximum Gasteiger partial charge on any atom is 0.0520 e. The van der Waals surface area contributed by atoms with Crippen LogP contribution in [0.5, 0.6) is 0 Å². The number of benzene rings is 9. The largest absolute Gasteiger partial charge is 0.257 e. The van der Waals surface area contributed by atoms with Gasteiger partial charge >= 0.3 is 0 Å². The van der Waals surface area contributed by atoms with Gasteiger partial charge in [-0.2, -0.15) is 0 Å². The third kappa shape index (κ3) is 6.65. The van der Waals surface area contributed by atoms with Crippen molar-refractivity contribution in [3.8, 4) is 44.5 Å². The van der Waals surface area contributed by atoms with Gasteiger partial charge < -0.3 is 0 Å². The highest BCUT2D eigenvalue weighted by molar-refractivity contribution is 6.22. The number of allylic oxidation sites excluding steroid dienone is 9. The molecule has 0 heterocycles. The second-order valence-corrected chi connectivity index (χ2v) is 18.1. The molecule has 1 unspecified atom stereocenters. The molecule has 9 aromatic rings. The van der Waals surface area contributed by atoms with E-state index in [4.69, 9.17) is 4.99 Å². The standard InChI is InChI=1S/C64H49N/c1-40-28-29-47(38-60(40)54-23-11-9-21-52(54)42(3)65-64-41(2)51-20-8-10-22-53(51)55-24-12-15-27-59(55)64)48-34-35-58-61(39-48)63(50-33-31-44-17-5-7-19-46(44)37-50)57-26-14-13-25-56(57)62(58)49-32-30-43-16-4-6-18-45(43)36-49/h4-9,11-21,23-26,28-39,59H,10,22,27H2,1-3H3. The molecule has 9 aromatic carbocycles. The summed E-state index contributed by atoms with van der Waals surface area (Å²) in [7, 11) is 0. The van der Waals surface area contributed by atoms with Crippen molar-refractivity contribution in [3.63, 3.8) is 0 Å². The smallest absolute Gasteiger partial charge is 0.0520 e. The highest BCUT2D eigenvalue weighted by atomic mass is 14.8. The van der Waals surface area contributed by atoms with Crippen LogP contribution in [0.4, 0.5) is 0 Å². The van der Waals surface area contributed by atoms with Crippen molar-refractivity contribution in [1.29, 1.82) is 0 Å². The molecule has 0 aliphatic heterocycles. The maximum atomic E-state index is 5.58. The van der Waals surface area contributed by atoms with Crippen molar-refractivity contribution in [2.45, 2.75) is 40.0 Å². The van der Waals surface area contributed by atoms with E-state index in [1.54, 1.807) is 0 Å². The normalized spacial score (nSPS) is 16.1. The number of hydrogen-bond acceptors (Lipinski definition) is 1. The van der Waals surface area contributed by atoms with Gasteiger partial charge in [-0.1, -0.05) is 176 Å². The van der Waals surface area contributed by atoms with Crippen LogP contribution in [-0.2, 0) is 0 Å². The van der Waals surface area contributed by atoms with E-state index in [0.717, 1.165) is 25.0 Å². The predicted molar refractivity (Wildman–Crippen MR) is 279 cm³/mol. The number of aryl methyl sites for hydroxylation is 1. The summed E-state index contributed by atoms with van der Waals surface area (Å²) in [5, 5.41) is 10.0. The van der Waals surface area contributed by atoms with E-state index in [1.165, 1.54) is 127 Å². The van der Waals surface area contributed by atoms with Gasteiger partial charge in [-0.25, -0.2) is 0 Å². The Labute approximate surface area is 381 Å². The summed E-state index contributed by atoms with van der Waals surface area (Å²) >= 11 is 0. The first-order valence-corrected chi connectivity index (χ1v) is 23.2.